The average Bonchev–Trinajstić information content (AvgIpc) is 1.46. The number of pyridine rings is 2. The fraction of sp³-hybridized carbons (Fsp3) is 0.530. The van der Waals surface area contributed by atoms with Crippen LogP contribution in [0.5, 0.6) is 0 Å². The molecular formula is C66H83FN6O17. The van der Waals surface area contributed by atoms with E-state index >= 15 is 4.39 Å². The lowest BCUT2D eigenvalue weighted by Gasteiger charge is -2.31. The normalized spacial score (nSPS) is 16.8. The van der Waals surface area contributed by atoms with E-state index in [1.54, 1.807) is 47.7 Å². The maximum absolute atomic E-state index is 15.5. The number of aryl methyl sites for hydroxylation is 1. The molecule has 0 fully saturated rings. The maximum atomic E-state index is 15.5. The second-order valence-electron chi connectivity index (χ2n) is 22.9. The van der Waals surface area contributed by atoms with Crippen molar-refractivity contribution in [1.82, 2.24) is 30.4 Å². The molecule has 0 saturated carbocycles. The number of esters is 1. The third-order valence-electron chi connectivity index (χ3n) is 16.7. The first kappa shape index (κ1) is 67.1. The minimum atomic E-state index is -2.04. The Bertz CT molecular complexity index is 3390. The first-order chi connectivity index (χ1) is 43.5. The van der Waals surface area contributed by atoms with E-state index in [9.17, 15) is 33.9 Å². The number of cyclic esters (lactones) is 1. The van der Waals surface area contributed by atoms with Gasteiger partial charge in [0.25, 0.3) is 5.56 Å². The average molecular weight is 1250 g/mol. The number of rotatable bonds is 35. The fourth-order valence-electron chi connectivity index (χ4n) is 11.7. The molecule has 4 N–H and O–H groups in total. The predicted molar refractivity (Wildman–Crippen MR) is 327 cm³/mol. The molecular weight excluding hydrogens is 1170 g/mol. The summed E-state index contributed by atoms with van der Waals surface area (Å²) in [4.78, 5) is 86.8. The third-order valence-corrected chi connectivity index (χ3v) is 16.7. The van der Waals surface area contributed by atoms with Crippen LogP contribution in [0.25, 0.3) is 33.4 Å². The van der Waals surface area contributed by atoms with Gasteiger partial charge >= 0.3 is 12.1 Å². The van der Waals surface area contributed by atoms with E-state index in [1.165, 1.54) is 15.5 Å². The number of aromatic nitrogens is 2. The summed E-state index contributed by atoms with van der Waals surface area (Å²) in [5, 5.41) is 20.7. The molecule has 4 aliphatic rings. The lowest BCUT2D eigenvalue weighted by molar-refractivity contribution is -0.172. The van der Waals surface area contributed by atoms with Crippen molar-refractivity contribution in [3.05, 3.63) is 121 Å². The number of amides is 4. The number of nitrogens with one attached hydrogen (secondary N) is 3. The number of aliphatic hydroxyl groups is 1. The highest BCUT2D eigenvalue weighted by molar-refractivity contribution is 5.95. The molecule has 4 amide bonds. The van der Waals surface area contributed by atoms with Gasteiger partial charge < -0.3 is 77.9 Å². The van der Waals surface area contributed by atoms with Crippen LogP contribution in [0, 0.1) is 18.7 Å². The van der Waals surface area contributed by atoms with Gasteiger partial charge in [0.2, 0.25) is 17.7 Å². The highest BCUT2D eigenvalue weighted by Gasteiger charge is 2.46. The van der Waals surface area contributed by atoms with Crippen molar-refractivity contribution >= 4 is 40.7 Å². The van der Waals surface area contributed by atoms with Gasteiger partial charge in [-0.1, -0.05) is 69.3 Å². The SMILES string of the molecule is CC[C@@]1(O)C(=O)OCc2c1cc1n(c2=O)Cc2c-1nc1cc(F)c(C)c3c1c2[C@@H](NC(=O)[C@H](C)NC(=O)[C@@H](NC(=O)CCOCCOCCOCCOCCOCCOCCOCCOCCN(C)C(=O)OC1c2ccccc2-c2ccccc21)C(C)C)CC3. The lowest BCUT2D eigenvalue weighted by Crippen LogP contribution is -2.55. The van der Waals surface area contributed by atoms with Crippen LogP contribution in [0.3, 0.4) is 0 Å². The van der Waals surface area contributed by atoms with Crippen LogP contribution >= 0.6 is 0 Å². The number of nitrogens with zero attached hydrogens (tertiary/aromatic N) is 3. The van der Waals surface area contributed by atoms with Gasteiger partial charge in [0, 0.05) is 53.7 Å². The number of hydrogen-bond acceptors (Lipinski definition) is 18. The van der Waals surface area contributed by atoms with Crippen LogP contribution in [0.4, 0.5) is 9.18 Å². The first-order valence-corrected chi connectivity index (χ1v) is 31.0. The summed E-state index contributed by atoms with van der Waals surface area (Å²) < 4.78 is 72.7. The Morgan fingerprint density at radius 3 is 1.84 bits per heavy atom. The second-order valence-corrected chi connectivity index (χ2v) is 22.9. The van der Waals surface area contributed by atoms with E-state index in [1.807, 2.05) is 48.5 Å². The van der Waals surface area contributed by atoms with Gasteiger partial charge in [-0.2, -0.15) is 0 Å². The molecule has 90 heavy (non-hydrogen) atoms. The smallest absolute Gasteiger partial charge is 0.410 e. The Morgan fingerprint density at radius 1 is 0.744 bits per heavy atom. The molecule has 9 rings (SSSR count). The highest BCUT2D eigenvalue weighted by atomic mass is 19.1. The minimum Gasteiger partial charge on any atom is -0.458 e. The van der Waals surface area contributed by atoms with E-state index in [0.29, 0.717) is 144 Å². The summed E-state index contributed by atoms with van der Waals surface area (Å²) in [6, 6.07) is 16.3. The molecule has 0 bridgehead atoms. The van der Waals surface area contributed by atoms with Gasteiger partial charge in [0.05, 0.1) is 141 Å². The van der Waals surface area contributed by atoms with Crippen molar-refractivity contribution in [2.24, 2.45) is 5.92 Å². The Balaban J connectivity index is 0.572. The number of hydrogen-bond donors (Lipinski definition) is 4. The molecule has 2 aliphatic carbocycles. The van der Waals surface area contributed by atoms with Crippen molar-refractivity contribution in [3.63, 3.8) is 0 Å². The summed E-state index contributed by atoms with van der Waals surface area (Å²) in [6.07, 6.45) is -0.0963. The Hall–Kier alpha value is -7.26. The van der Waals surface area contributed by atoms with Crippen LogP contribution in [-0.4, -0.2) is 181 Å². The molecule has 4 heterocycles. The molecule has 23 nitrogen and oxygen atoms in total. The molecule has 24 heteroatoms. The molecule has 2 aromatic heterocycles. The number of halogens is 1. The van der Waals surface area contributed by atoms with E-state index in [4.69, 9.17) is 52.4 Å². The van der Waals surface area contributed by atoms with Crippen molar-refractivity contribution < 1.29 is 80.8 Å². The summed E-state index contributed by atoms with van der Waals surface area (Å²) >= 11 is 0. The van der Waals surface area contributed by atoms with E-state index in [-0.39, 0.29) is 62.9 Å². The first-order valence-electron chi connectivity index (χ1n) is 31.0. The topological polar surface area (TPSA) is 272 Å². The fourth-order valence-corrected chi connectivity index (χ4v) is 11.7. The van der Waals surface area contributed by atoms with Crippen LogP contribution in [0.1, 0.15) is 104 Å². The number of ether oxygens (including phenoxy) is 10. The summed E-state index contributed by atoms with van der Waals surface area (Å²) in [6.45, 7) is 14.3. The number of carbonyl (C=O) groups is 5. The second kappa shape index (κ2) is 31.7. The molecule has 0 saturated heterocycles. The monoisotopic (exact) mass is 1250 g/mol. The number of benzene rings is 3. The van der Waals surface area contributed by atoms with Gasteiger partial charge in [-0.05, 0) is 72.9 Å². The van der Waals surface area contributed by atoms with Crippen LogP contribution in [0.2, 0.25) is 0 Å². The molecule has 0 radical (unpaired) electrons. The molecule has 3 aromatic carbocycles. The van der Waals surface area contributed by atoms with Crippen LogP contribution in [-0.2, 0) is 91.7 Å². The maximum Gasteiger partial charge on any atom is 0.410 e. The van der Waals surface area contributed by atoms with Crippen LogP contribution < -0.4 is 21.5 Å². The zero-order valence-corrected chi connectivity index (χ0v) is 52.1. The van der Waals surface area contributed by atoms with E-state index in [2.05, 4.69) is 16.0 Å². The van der Waals surface area contributed by atoms with Crippen LogP contribution in [0.15, 0.2) is 65.5 Å². The number of fused-ring (bicyclic) bond motifs is 8. The Kier molecular flexibility index (Phi) is 23.6. The zero-order valence-electron chi connectivity index (χ0n) is 52.1. The standard InChI is InChI=1S/C66H83FN6O17/c1-7-66(80)50-36-54-59-48(38-73(54)63(77)49(50)39-89-64(66)78)57-52(17-16-43-41(4)51(67)37-53(69-59)56(43)57)70-61(75)42(5)68-62(76)58(40(2)3)71-55(74)18-20-81-22-24-83-26-28-85-30-32-87-34-35-88-33-31-86-29-27-84-25-23-82-21-19-72(6)65(79)90-60-46-14-10-8-12-44(46)45-13-9-11-15-47(45)60/h8-15,36-37,40,42,52,58,60,80H,7,16-35,38-39H2,1-6H3,(H,68,76)(H,70,75)(H,71,74)/t42-,52-,58-,66-/m0/s1. The summed E-state index contributed by atoms with van der Waals surface area (Å²) in [5.74, 6) is -3.08. The van der Waals surface area contributed by atoms with Gasteiger partial charge in [0.15, 0.2) is 11.7 Å². The van der Waals surface area contributed by atoms with E-state index < -0.39 is 71.0 Å². The Morgan fingerprint density at radius 2 is 1.29 bits per heavy atom. The van der Waals surface area contributed by atoms with Crippen molar-refractivity contribution in [2.45, 2.75) is 103 Å². The summed E-state index contributed by atoms with van der Waals surface area (Å²) in [5.41, 5.74) is 5.53. The van der Waals surface area contributed by atoms with Gasteiger partial charge in [0.1, 0.15) is 24.5 Å². The molecule has 486 valence electrons. The van der Waals surface area contributed by atoms with Crippen molar-refractivity contribution in [3.8, 4) is 22.5 Å². The van der Waals surface area contributed by atoms with Gasteiger partial charge in [-0.15, -0.1) is 0 Å². The molecule has 2 aliphatic heterocycles. The summed E-state index contributed by atoms with van der Waals surface area (Å²) in [7, 11) is 1.69. The molecule has 4 atom stereocenters. The minimum absolute atomic E-state index is 0.0130. The van der Waals surface area contributed by atoms with Gasteiger partial charge in [-0.25, -0.2) is 19.0 Å². The molecule has 5 aromatic rings. The number of likely N-dealkylation sites (N-methyl/N-ethyl adjacent to an activating group) is 1. The van der Waals surface area contributed by atoms with Crippen molar-refractivity contribution in [2.75, 3.05) is 119 Å². The highest BCUT2D eigenvalue weighted by Crippen LogP contribution is 2.47. The zero-order chi connectivity index (χ0) is 63.9. The van der Waals surface area contributed by atoms with Crippen molar-refractivity contribution in [1.29, 1.82) is 0 Å². The Labute approximate surface area is 522 Å². The quantitative estimate of drug-likeness (QED) is 0.0277. The third kappa shape index (κ3) is 15.7. The predicted octanol–water partition coefficient (Wildman–Crippen LogP) is 5.64. The van der Waals surface area contributed by atoms with Gasteiger partial charge in [-0.3, -0.25) is 19.2 Å². The largest absolute Gasteiger partial charge is 0.458 e. The molecule has 0 spiro atoms. The lowest BCUT2D eigenvalue weighted by atomic mass is 9.81. The number of carbonyl (C=O) groups excluding carboxylic acids is 5. The molecule has 0 unspecified atom stereocenters. The van der Waals surface area contributed by atoms with E-state index in [0.717, 1.165) is 27.8 Å².